The van der Waals surface area contributed by atoms with E-state index in [1.165, 1.54) is 6.07 Å². The van der Waals surface area contributed by atoms with Crippen molar-refractivity contribution in [1.82, 2.24) is 0 Å². The van der Waals surface area contributed by atoms with Crippen molar-refractivity contribution < 1.29 is 14.6 Å². The summed E-state index contributed by atoms with van der Waals surface area (Å²) in [5, 5.41) is 9.02. The van der Waals surface area contributed by atoms with Crippen molar-refractivity contribution in [2.75, 3.05) is 23.7 Å². The minimum absolute atomic E-state index is 0.113. The number of carbonyl (C=O) groups is 1. The smallest absolute Gasteiger partial charge is 0.335 e. The van der Waals surface area contributed by atoms with E-state index in [0.29, 0.717) is 5.69 Å². The average molecular weight is 250 g/mol. The van der Waals surface area contributed by atoms with Gasteiger partial charge in [0.25, 0.3) is 0 Å². The van der Waals surface area contributed by atoms with Gasteiger partial charge in [-0.2, -0.15) is 0 Å². The van der Waals surface area contributed by atoms with Crippen molar-refractivity contribution in [3.05, 3.63) is 23.8 Å². The summed E-state index contributed by atoms with van der Waals surface area (Å²) >= 11 is 0. The van der Waals surface area contributed by atoms with E-state index in [1.807, 2.05) is 13.8 Å². The fraction of sp³-hybridized carbons (Fsp3) is 0.462. The molecule has 0 saturated carbocycles. The molecular weight excluding hydrogens is 232 g/mol. The molecule has 5 nitrogen and oxygen atoms in total. The predicted octanol–water partition coefficient (Wildman–Crippen LogP) is 1.58. The van der Waals surface area contributed by atoms with Crippen LogP contribution in [0, 0.1) is 0 Å². The number of hydrogen-bond acceptors (Lipinski definition) is 4. The number of hydrogen-bond donors (Lipinski definition) is 2. The summed E-state index contributed by atoms with van der Waals surface area (Å²) in [6.45, 7) is 5.44. The van der Waals surface area contributed by atoms with Crippen LogP contribution in [0.2, 0.25) is 0 Å². The van der Waals surface area contributed by atoms with Crippen molar-refractivity contribution in [1.29, 1.82) is 0 Å². The highest BCUT2D eigenvalue weighted by molar-refractivity contribution is 5.90. The zero-order valence-electron chi connectivity index (χ0n) is 10.6. The van der Waals surface area contributed by atoms with Gasteiger partial charge in [-0.05, 0) is 32.0 Å². The van der Waals surface area contributed by atoms with E-state index in [-0.39, 0.29) is 17.8 Å². The van der Waals surface area contributed by atoms with Crippen LogP contribution in [-0.2, 0) is 4.74 Å². The molecule has 0 unspecified atom stereocenters. The third-order valence-electron chi connectivity index (χ3n) is 3.04. The van der Waals surface area contributed by atoms with E-state index in [1.54, 1.807) is 12.1 Å². The number of aromatic carboxylic acids is 1. The predicted molar refractivity (Wildman–Crippen MR) is 70.0 cm³/mol. The zero-order chi connectivity index (χ0) is 13.3. The Morgan fingerprint density at radius 1 is 1.39 bits per heavy atom. The van der Waals surface area contributed by atoms with E-state index >= 15 is 0 Å². The van der Waals surface area contributed by atoms with Crippen LogP contribution in [0.4, 0.5) is 11.4 Å². The van der Waals surface area contributed by atoms with Crippen LogP contribution in [0.1, 0.15) is 24.2 Å². The second kappa shape index (κ2) is 4.86. The van der Waals surface area contributed by atoms with Crippen molar-refractivity contribution in [2.45, 2.75) is 26.1 Å². The Balaban J connectivity index is 2.31. The van der Waals surface area contributed by atoms with Crippen molar-refractivity contribution in [3.63, 3.8) is 0 Å². The standard InChI is InChI=1S/C13H18N2O3/c1-8-6-15(7-9(2)18-8)12-5-10(13(16)17)3-4-11(12)14/h3-5,8-9H,6-7,14H2,1-2H3,(H,16,17)/t8-,9+. The topological polar surface area (TPSA) is 75.8 Å². The minimum Gasteiger partial charge on any atom is -0.478 e. The van der Waals surface area contributed by atoms with Gasteiger partial charge in [-0.25, -0.2) is 4.79 Å². The summed E-state index contributed by atoms with van der Waals surface area (Å²) in [6.07, 6.45) is 0.225. The molecule has 0 aliphatic carbocycles. The number of nitrogen functional groups attached to an aromatic ring is 1. The van der Waals surface area contributed by atoms with Gasteiger partial charge in [0.1, 0.15) is 0 Å². The summed E-state index contributed by atoms with van der Waals surface area (Å²) < 4.78 is 5.66. The quantitative estimate of drug-likeness (QED) is 0.779. The molecule has 0 amide bonds. The maximum Gasteiger partial charge on any atom is 0.335 e. The lowest BCUT2D eigenvalue weighted by Crippen LogP contribution is -2.45. The Labute approximate surface area is 106 Å². The van der Waals surface area contributed by atoms with Gasteiger partial charge in [-0.15, -0.1) is 0 Å². The van der Waals surface area contributed by atoms with Crippen molar-refractivity contribution in [2.24, 2.45) is 0 Å². The van der Waals surface area contributed by atoms with Crippen LogP contribution < -0.4 is 10.6 Å². The van der Waals surface area contributed by atoms with Crippen molar-refractivity contribution in [3.8, 4) is 0 Å². The van der Waals surface area contributed by atoms with Crippen LogP contribution in [0.25, 0.3) is 0 Å². The number of benzene rings is 1. The number of carboxylic acids is 1. The summed E-state index contributed by atoms with van der Waals surface area (Å²) in [5.41, 5.74) is 7.56. The first-order chi connectivity index (χ1) is 8.47. The Bertz CT molecular complexity index is 452. The Kier molecular flexibility index (Phi) is 3.43. The highest BCUT2D eigenvalue weighted by atomic mass is 16.5. The van der Waals surface area contributed by atoms with Gasteiger partial charge in [0.05, 0.1) is 29.1 Å². The van der Waals surface area contributed by atoms with Crippen LogP contribution in [0.3, 0.4) is 0 Å². The monoisotopic (exact) mass is 250 g/mol. The van der Waals surface area contributed by atoms with Crippen molar-refractivity contribution >= 4 is 17.3 Å². The molecule has 98 valence electrons. The van der Waals surface area contributed by atoms with Gasteiger partial charge in [0.15, 0.2) is 0 Å². The number of morpholine rings is 1. The average Bonchev–Trinajstić information content (AvgIpc) is 2.27. The number of nitrogens with zero attached hydrogens (tertiary/aromatic N) is 1. The van der Waals surface area contributed by atoms with E-state index < -0.39 is 5.97 Å². The molecule has 3 N–H and O–H groups in total. The fourth-order valence-corrected chi connectivity index (χ4v) is 2.33. The Morgan fingerprint density at radius 3 is 2.56 bits per heavy atom. The molecule has 0 spiro atoms. The second-order valence-corrected chi connectivity index (χ2v) is 4.74. The molecule has 2 rings (SSSR count). The maximum atomic E-state index is 11.0. The first-order valence-corrected chi connectivity index (χ1v) is 6.00. The Hall–Kier alpha value is -1.75. The maximum absolute atomic E-state index is 11.0. The molecule has 2 atom stereocenters. The summed E-state index contributed by atoms with van der Waals surface area (Å²) in [6, 6.07) is 4.79. The molecule has 1 aliphatic rings. The summed E-state index contributed by atoms with van der Waals surface area (Å²) in [7, 11) is 0. The third kappa shape index (κ3) is 2.56. The molecule has 18 heavy (non-hydrogen) atoms. The lowest BCUT2D eigenvalue weighted by Gasteiger charge is -2.37. The molecule has 0 radical (unpaired) electrons. The first kappa shape index (κ1) is 12.7. The van der Waals surface area contributed by atoms with E-state index in [4.69, 9.17) is 15.6 Å². The molecule has 1 aliphatic heterocycles. The first-order valence-electron chi connectivity index (χ1n) is 6.00. The number of carboxylic acid groups (broad SMARTS) is 1. The van der Waals surface area contributed by atoms with Gasteiger partial charge < -0.3 is 20.5 Å². The van der Waals surface area contributed by atoms with Gasteiger partial charge in [0.2, 0.25) is 0 Å². The van der Waals surface area contributed by atoms with E-state index in [2.05, 4.69) is 4.90 Å². The molecule has 1 fully saturated rings. The molecule has 0 aromatic heterocycles. The lowest BCUT2D eigenvalue weighted by molar-refractivity contribution is -0.00517. The minimum atomic E-state index is -0.939. The van der Waals surface area contributed by atoms with Crippen LogP contribution in [-0.4, -0.2) is 36.4 Å². The number of ether oxygens (including phenoxy) is 1. The number of anilines is 2. The van der Waals surface area contributed by atoms with E-state index in [0.717, 1.165) is 18.8 Å². The highest BCUT2D eigenvalue weighted by Crippen LogP contribution is 2.27. The molecule has 1 aromatic carbocycles. The molecule has 5 heteroatoms. The van der Waals surface area contributed by atoms with Gasteiger partial charge >= 0.3 is 5.97 Å². The lowest BCUT2D eigenvalue weighted by atomic mass is 10.1. The number of nitrogens with two attached hydrogens (primary N) is 1. The van der Waals surface area contributed by atoms with E-state index in [9.17, 15) is 4.79 Å². The molecule has 1 heterocycles. The SMILES string of the molecule is C[C@@H]1CN(c2cc(C(=O)O)ccc2N)C[C@H](C)O1. The zero-order valence-corrected chi connectivity index (χ0v) is 10.6. The Morgan fingerprint density at radius 2 is 2.00 bits per heavy atom. The summed E-state index contributed by atoms with van der Waals surface area (Å²) in [4.78, 5) is 13.1. The number of rotatable bonds is 2. The fourth-order valence-electron chi connectivity index (χ4n) is 2.33. The van der Waals surface area contributed by atoms with Gasteiger partial charge in [-0.3, -0.25) is 0 Å². The molecule has 1 aromatic rings. The van der Waals surface area contributed by atoms with Crippen LogP contribution in [0.5, 0.6) is 0 Å². The highest BCUT2D eigenvalue weighted by Gasteiger charge is 2.24. The molecule has 1 saturated heterocycles. The largest absolute Gasteiger partial charge is 0.478 e. The molecular formula is C13H18N2O3. The van der Waals surface area contributed by atoms with Gasteiger partial charge in [-0.1, -0.05) is 0 Å². The normalized spacial score (nSPS) is 24.0. The molecule has 0 bridgehead atoms. The second-order valence-electron chi connectivity index (χ2n) is 4.74. The summed E-state index contributed by atoms with van der Waals surface area (Å²) in [5.74, 6) is -0.939. The van der Waals surface area contributed by atoms with Gasteiger partial charge in [0, 0.05) is 13.1 Å². The van der Waals surface area contributed by atoms with Crippen LogP contribution >= 0.6 is 0 Å². The van der Waals surface area contributed by atoms with Crippen LogP contribution in [0.15, 0.2) is 18.2 Å². The third-order valence-corrected chi connectivity index (χ3v) is 3.04.